The van der Waals surface area contributed by atoms with Crippen molar-refractivity contribution >= 4 is 31.7 Å². The number of nitrogens with zero attached hydrogens (tertiary/aromatic N) is 3. The number of hydrazone groups is 1. The lowest BCUT2D eigenvalue weighted by Gasteiger charge is -2.38. The fraction of sp³-hybridized carbons (Fsp3) is 0.391. The molecule has 184 valence electrons. The SMILES string of the molecule is C/C(=N/NC(=O)[C@@H]1CN(S(=O)(=O)c2ccccc2)CCN1S(=O)(=O)c1ccccc1)C(C)(C)C. The summed E-state index contributed by atoms with van der Waals surface area (Å²) >= 11 is 0. The molecule has 2 aromatic rings. The first-order valence-electron chi connectivity index (χ1n) is 10.8. The lowest BCUT2D eigenvalue weighted by Crippen LogP contribution is -2.60. The first-order valence-corrected chi connectivity index (χ1v) is 13.7. The minimum Gasteiger partial charge on any atom is -0.271 e. The fourth-order valence-corrected chi connectivity index (χ4v) is 6.36. The lowest BCUT2D eigenvalue weighted by molar-refractivity contribution is -0.125. The maximum atomic E-state index is 13.4. The van der Waals surface area contributed by atoms with E-state index in [2.05, 4.69) is 10.5 Å². The van der Waals surface area contributed by atoms with Crippen LogP contribution in [0.5, 0.6) is 0 Å². The second-order valence-corrected chi connectivity index (χ2v) is 12.9. The number of amides is 1. The molecule has 9 nitrogen and oxygen atoms in total. The van der Waals surface area contributed by atoms with E-state index in [0.29, 0.717) is 5.71 Å². The predicted molar refractivity (Wildman–Crippen MR) is 130 cm³/mol. The van der Waals surface area contributed by atoms with Crippen molar-refractivity contribution < 1.29 is 21.6 Å². The van der Waals surface area contributed by atoms with Crippen LogP contribution in [0.25, 0.3) is 0 Å². The average Bonchev–Trinajstić information content (AvgIpc) is 2.82. The van der Waals surface area contributed by atoms with Gasteiger partial charge in [-0.2, -0.15) is 13.7 Å². The summed E-state index contributed by atoms with van der Waals surface area (Å²) in [5.41, 5.74) is 2.78. The van der Waals surface area contributed by atoms with E-state index in [1.54, 1.807) is 43.3 Å². The van der Waals surface area contributed by atoms with Gasteiger partial charge in [-0.1, -0.05) is 57.2 Å². The first kappa shape index (κ1) is 26.0. The highest BCUT2D eigenvalue weighted by Crippen LogP contribution is 2.25. The second kappa shape index (κ2) is 9.95. The van der Waals surface area contributed by atoms with Gasteiger partial charge in [0.25, 0.3) is 5.91 Å². The Kier molecular flexibility index (Phi) is 7.61. The molecule has 3 rings (SSSR count). The zero-order valence-corrected chi connectivity index (χ0v) is 21.3. The van der Waals surface area contributed by atoms with Crippen molar-refractivity contribution in [2.45, 2.75) is 43.5 Å². The molecular formula is C23H30N4O5S2. The van der Waals surface area contributed by atoms with Crippen LogP contribution < -0.4 is 5.43 Å². The fourth-order valence-electron chi connectivity index (χ4n) is 3.31. The molecule has 0 radical (unpaired) electrons. The van der Waals surface area contributed by atoms with Crippen molar-refractivity contribution in [2.24, 2.45) is 10.5 Å². The minimum atomic E-state index is -4.05. The third-order valence-corrected chi connectivity index (χ3v) is 9.55. The summed E-state index contributed by atoms with van der Waals surface area (Å²) in [7, 11) is -7.97. The molecule has 0 spiro atoms. The Balaban J connectivity index is 1.97. The molecule has 0 aliphatic carbocycles. The minimum absolute atomic E-state index is 0.0292. The van der Waals surface area contributed by atoms with Gasteiger partial charge >= 0.3 is 0 Å². The van der Waals surface area contributed by atoms with Gasteiger partial charge in [0.2, 0.25) is 20.0 Å². The predicted octanol–water partition coefficient (Wildman–Crippen LogP) is 2.29. The van der Waals surface area contributed by atoms with Crippen molar-refractivity contribution in [3.63, 3.8) is 0 Å². The molecule has 0 unspecified atom stereocenters. The molecule has 0 saturated carbocycles. The molecule has 1 N–H and O–H groups in total. The van der Waals surface area contributed by atoms with Crippen LogP contribution in [0.2, 0.25) is 0 Å². The summed E-state index contributed by atoms with van der Waals surface area (Å²) in [5.74, 6) is -0.698. The highest BCUT2D eigenvalue weighted by molar-refractivity contribution is 7.89. The molecule has 1 amide bonds. The van der Waals surface area contributed by atoms with Gasteiger partial charge in [0, 0.05) is 30.8 Å². The summed E-state index contributed by atoms with van der Waals surface area (Å²) < 4.78 is 55.3. The van der Waals surface area contributed by atoms with Gasteiger partial charge in [0.05, 0.1) is 9.79 Å². The number of hydrogen-bond acceptors (Lipinski definition) is 6. The molecule has 0 bridgehead atoms. The zero-order valence-electron chi connectivity index (χ0n) is 19.7. The van der Waals surface area contributed by atoms with Crippen LogP contribution in [0.3, 0.4) is 0 Å². The zero-order chi connectivity index (χ0) is 25.1. The summed E-state index contributed by atoms with van der Waals surface area (Å²) in [4.78, 5) is 13.3. The number of carbonyl (C=O) groups excluding carboxylic acids is 1. The summed E-state index contributed by atoms with van der Waals surface area (Å²) in [6.07, 6.45) is 0. The molecule has 1 heterocycles. The Bertz CT molecular complexity index is 1260. The molecule has 0 aromatic heterocycles. The van der Waals surface area contributed by atoms with Crippen LogP contribution in [0.4, 0.5) is 0 Å². The maximum Gasteiger partial charge on any atom is 0.259 e. The van der Waals surface area contributed by atoms with Crippen molar-refractivity contribution in [3.05, 3.63) is 60.7 Å². The monoisotopic (exact) mass is 506 g/mol. The Morgan fingerprint density at radius 3 is 1.88 bits per heavy atom. The van der Waals surface area contributed by atoms with Gasteiger partial charge in [-0.15, -0.1) is 0 Å². The molecule has 1 aliphatic rings. The third-order valence-electron chi connectivity index (χ3n) is 5.75. The quantitative estimate of drug-likeness (QED) is 0.477. The van der Waals surface area contributed by atoms with Crippen LogP contribution in [0.15, 0.2) is 75.6 Å². The van der Waals surface area contributed by atoms with Gasteiger partial charge in [0.15, 0.2) is 0 Å². The Morgan fingerprint density at radius 2 is 1.38 bits per heavy atom. The number of hydrogen-bond donors (Lipinski definition) is 1. The van der Waals surface area contributed by atoms with Crippen LogP contribution in [-0.2, 0) is 24.8 Å². The van der Waals surface area contributed by atoms with Crippen molar-refractivity contribution in [1.82, 2.24) is 14.0 Å². The highest BCUT2D eigenvalue weighted by Gasteiger charge is 2.43. The van der Waals surface area contributed by atoms with E-state index in [1.165, 1.54) is 24.3 Å². The van der Waals surface area contributed by atoms with Crippen LogP contribution >= 0.6 is 0 Å². The molecule has 2 aromatic carbocycles. The van der Waals surface area contributed by atoms with E-state index >= 15 is 0 Å². The van der Waals surface area contributed by atoms with Gasteiger partial charge in [-0.25, -0.2) is 22.3 Å². The molecule has 1 fully saturated rings. The third kappa shape index (κ3) is 5.54. The van der Waals surface area contributed by atoms with Gasteiger partial charge < -0.3 is 0 Å². The summed E-state index contributed by atoms with van der Waals surface area (Å²) in [6.45, 7) is 6.95. The molecule has 1 saturated heterocycles. The smallest absolute Gasteiger partial charge is 0.259 e. The van der Waals surface area contributed by atoms with E-state index < -0.39 is 32.0 Å². The summed E-state index contributed by atoms with van der Waals surface area (Å²) in [6, 6.07) is 14.3. The number of benzene rings is 2. The highest BCUT2D eigenvalue weighted by atomic mass is 32.2. The largest absolute Gasteiger partial charge is 0.271 e. The number of carbonyl (C=O) groups is 1. The van der Waals surface area contributed by atoms with Gasteiger partial charge in [-0.3, -0.25) is 4.79 Å². The van der Waals surface area contributed by atoms with Gasteiger partial charge in [0.1, 0.15) is 6.04 Å². The number of piperazine rings is 1. The normalized spacial score (nSPS) is 19.1. The molecule has 1 aliphatic heterocycles. The maximum absolute atomic E-state index is 13.4. The van der Waals surface area contributed by atoms with Crippen LogP contribution in [0, 0.1) is 5.41 Å². The van der Waals surface area contributed by atoms with Crippen LogP contribution in [-0.4, -0.2) is 62.7 Å². The van der Waals surface area contributed by atoms with E-state index in [9.17, 15) is 21.6 Å². The van der Waals surface area contributed by atoms with E-state index in [1.807, 2.05) is 20.8 Å². The van der Waals surface area contributed by atoms with E-state index in [4.69, 9.17) is 0 Å². The average molecular weight is 507 g/mol. The van der Waals surface area contributed by atoms with E-state index in [-0.39, 0.29) is 34.8 Å². The molecular weight excluding hydrogens is 476 g/mol. The molecule has 11 heteroatoms. The topological polar surface area (TPSA) is 116 Å². The second-order valence-electron chi connectivity index (χ2n) is 9.04. The Labute approximate surface area is 201 Å². The lowest BCUT2D eigenvalue weighted by atomic mass is 9.91. The summed E-state index contributed by atoms with van der Waals surface area (Å²) in [5, 5.41) is 4.13. The number of rotatable bonds is 6. The number of sulfonamides is 2. The standard InChI is InChI=1S/C23H30N4O5S2/c1-18(23(2,3)4)24-25-22(28)21-17-26(33(29,30)19-11-7-5-8-12-19)15-16-27(21)34(31,32)20-13-9-6-10-14-20/h5-14,21H,15-17H2,1-4H3,(H,25,28)/b24-18-/t21-/m0/s1. The van der Waals surface area contributed by atoms with Crippen molar-refractivity contribution in [1.29, 1.82) is 0 Å². The van der Waals surface area contributed by atoms with E-state index in [0.717, 1.165) is 8.61 Å². The van der Waals surface area contributed by atoms with Crippen molar-refractivity contribution in [2.75, 3.05) is 19.6 Å². The number of nitrogens with one attached hydrogen (secondary N) is 1. The van der Waals surface area contributed by atoms with Gasteiger partial charge in [-0.05, 0) is 31.2 Å². The Hall–Kier alpha value is -2.60. The Morgan fingerprint density at radius 1 is 0.882 bits per heavy atom. The van der Waals surface area contributed by atoms with Crippen molar-refractivity contribution in [3.8, 4) is 0 Å². The molecule has 1 atom stereocenters. The molecule has 34 heavy (non-hydrogen) atoms. The first-order chi connectivity index (χ1) is 15.8. The van der Waals surface area contributed by atoms with Crippen LogP contribution in [0.1, 0.15) is 27.7 Å².